The molecular weight excluding hydrogens is 250 g/mol. The molecule has 0 spiro atoms. The van der Waals surface area contributed by atoms with E-state index >= 15 is 0 Å². The Morgan fingerprint density at radius 2 is 2.15 bits per heavy atom. The Balaban J connectivity index is 1.99. The highest BCUT2D eigenvalue weighted by Crippen LogP contribution is 2.07. The first-order chi connectivity index (χ1) is 9.69. The van der Waals surface area contributed by atoms with Gasteiger partial charge in [-0.15, -0.1) is 0 Å². The van der Waals surface area contributed by atoms with Crippen LogP contribution >= 0.6 is 0 Å². The predicted octanol–water partition coefficient (Wildman–Crippen LogP) is 1.74. The van der Waals surface area contributed by atoms with Crippen LogP contribution in [0.1, 0.15) is 17.5 Å². The molecule has 2 rings (SSSR count). The van der Waals surface area contributed by atoms with Gasteiger partial charge in [0, 0.05) is 25.7 Å². The molecule has 1 aliphatic heterocycles. The molecule has 4 nitrogen and oxygen atoms in total. The summed E-state index contributed by atoms with van der Waals surface area (Å²) in [4.78, 5) is 16.3. The minimum absolute atomic E-state index is 0.0441. The van der Waals surface area contributed by atoms with E-state index in [-0.39, 0.29) is 5.91 Å². The second-order valence-electron chi connectivity index (χ2n) is 5.05. The van der Waals surface area contributed by atoms with Crippen LogP contribution in [0.3, 0.4) is 0 Å². The van der Waals surface area contributed by atoms with Gasteiger partial charge in [0.05, 0.1) is 11.6 Å². The Morgan fingerprint density at radius 3 is 2.95 bits per heavy atom. The summed E-state index contributed by atoms with van der Waals surface area (Å²) in [5, 5.41) is 8.85. The number of rotatable bonds is 2. The number of carbonyl (C=O) groups is 1. The highest BCUT2D eigenvalue weighted by molar-refractivity contribution is 5.91. The van der Waals surface area contributed by atoms with Crippen molar-refractivity contribution >= 4 is 12.0 Å². The van der Waals surface area contributed by atoms with E-state index in [4.69, 9.17) is 5.26 Å². The number of amides is 1. The first kappa shape index (κ1) is 14.3. The monoisotopic (exact) mass is 269 g/mol. The molecule has 0 aliphatic carbocycles. The third-order valence-electron chi connectivity index (χ3n) is 3.47. The van der Waals surface area contributed by atoms with E-state index < -0.39 is 0 Å². The fourth-order valence-corrected chi connectivity index (χ4v) is 2.25. The lowest BCUT2D eigenvalue weighted by Gasteiger charge is -2.18. The van der Waals surface area contributed by atoms with Crippen LogP contribution in [0.4, 0.5) is 0 Å². The van der Waals surface area contributed by atoms with Gasteiger partial charge in [-0.25, -0.2) is 0 Å². The van der Waals surface area contributed by atoms with Crippen molar-refractivity contribution in [3.05, 3.63) is 41.5 Å². The number of carbonyl (C=O) groups excluding carboxylic acids is 1. The Morgan fingerprint density at radius 1 is 1.30 bits per heavy atom. The zero-order valence-corrected chi connectivity index (χ0v) is 11.7. The molecule has 0 N–H and O–H groups in total. The first-order valence-electron chi connectivity index (χ1n) is 6.85. The molecule has 0 radical (unpaired) electrons. The van der Waals surface area contributed by atoms with E-state index in [1.165, 1.54) is 0 Å². The summed E-state index contributed by atoms with van der Waals surface area (Å²) in [7, 11) is 2.08. The average Bonchev–Trinajstić information content (AvgIpc) is 2.70. The number of hydrogen-bond donors (Lipinski definition) is 0. The second kappa shape index (κ2) is 6.88. The molecule has 1 amide bonds. The second-order valence-corrected chi connectivity index (χ2v) is 5.05. The predicted molar refractivity (Wildman–Crippen MR) is 78.9 cm³/mol. The van der Waals surface area contributed by atoms with Crippen molar-refractivity contribution in [1.82, 2.24) is 9.80 Å². The molecular formula is C16H19N3O. The van der Waals surface area contributed by atoms with Crippen LogP contribution in [-0.4, -0.2) is 48.9 Å². The summed E-state index contributed by atoms with van der Waals surface area (Å²) in [5.74, 6) is 0.0441. The molecule has 0 saturated carbocycles. The van der Waals surface area contributed by atoms with Crippen LogP contribution in [-0.2, 0) is 4.79 Å². The summed E-state index contributed by atoms with van der Waals surface area (Å²) >= 11 is 0. The molecule has 0 unspecified atom stereocenters. The maximum absolute atomic E-state index is 12.1. The largest absolute Gasteiger partial charge is 0.338 e. The zero-order chi connectivity index (χ0) is 14.4. The molecule has 1 heterocycles. The highest BCUT2D eigenvalue weighted by atomic mass is 16.2. The van der Waals surface area contributed by atoms with Crippen LogP contribution in [0.15, 0.2) is 30.3 Å². The quantitative estimate of drug-likeness (QED) is 0.768. The van der Waals surface area contributed by atoms with Gasteiger partial charge >= 0.3 is 0 Å². The molecule has 1 saturated heterocycles. The van der Waals surface area contributed by atoms with Crippen LogP contribution in [0.2, 0.25) is 0 Å². The van der Waals surface area contributed by atoms with E-state index in [0.29, 0.717) is 5.56 Å². The molecule has 20 heavy (non-hydrogen) atoms. The Kier molecular flexibility index (Phi) is 4.91. The molecule has 1 aromatic rings. The molecule has 104 valence electrons. The molecule has 1 fully saturated rings. The van der Waals surface area contributed by atoms with Gasteiger partial charge in [-0.2, -0.15) is 5.26 Å². The molecule has 1 aliphatic rings. The lowest BCUT2D eigenvalue weighted by Crippen LogP contribution is -2.33. The zero-order valence-electron chi connectivity index (χ0n) is 11.7. The maximum Gasteiger partial charge on any atom is 0.246 e. The van der Waals surface area contributed by atoms with Crippen molar-refractivity contribution in [2.75, 3.05) is 33.2 Å². The maximum atomic E-state index is 12.1. The summed E-state index contributed by atoms with van der Waals surface area (Å²) in [6, 6.07) is 9.34. The topological polar surface area (TPSA) is 47.3 Å². The van der Waals surface area contributed by atoms with E-state index in [9.17, 15) is 4.79 Å². The van der Waals surface area contributed by atoms with E-state index in [1.807, 2.05) is 17.0 Å². The van der Waals surface area contributed by atoms with Crippen molar-refractivity contribution in [3.8, 4) is 6.07 Å². The lowest BCUT2D eigenvalue weighted by molar-refractivity contribution is -0.125. The lowest BCUT2D eigenvalue weighted by atomic mass is 10.1. The normalized spacial score (nSPS) is 16.9. The number of benzene rings is 1. The number of hydrogen-bond acceptors (Lipinski definition) is 3. The van der Waals surface area contributed by atoms with Crippen LogP contribution < -0.4 is 0 Å². The fourth-order valence-electron chi connectivity index (χ4n) is 2.25. The van der Waals surface area contributed by atoms with Gasteiger partial charge in [-0.3, -0.25) is 4.79 Å². The number of nitrogens with zero attached hydrogens (tertiary/aromatic N) is 3. The molecule has 0 bridgehead atoms. The van der Waals surface area contributed by atoms with E-state index in [1.54, 1.807) is 24.3 Å². The molecule has 1 aromatic carbocycles. The van der Waals surface area contributed by atoms with Crippen LogP contribution in [0.5, 0.6) is 0 Å². The number of likely N-dealkylation sites (N-methyl/N-ethyl adjacent to an activating group) is 1. The van der Waals surface area contributed by atoms with Gasteiger partial charge in [-0.1, -0.05) is 12.1 Å². The Hall–Kier alpha value is -2.12. The van der Waals surface area contributed by atoms with Gasteiger partial charge in [0.15, 0.2) is 0 Å². The molecule has 0 atom stereocenters. The van der Waals surface area contributed by atoms with Gasteiger partial charge in [0.25, 0.3) is 0 Å². The van der Waals surface area contributed by atoms with Crippen LogP contribution in [0.25, 0.3) is 6.08 Å². The third kappa shape index (κ3) is 3.94. The Bertz CT molecular complexity index is 545. The smallest absolute Gasteiger partial charge is 0.246 e. The SMILES string of the molecule is CN1CCCN(C(=O)/C=C/c2cccc(C#N)c2)CC1. The number of nitriles is 1. The highest BCUT2D eigenvalue weighted by Gasteiger charge is 2.14. The van der Waals surface area contributed by atoms with Crippen molar-refractivity contribution < 1.29 is 4.79 Å². The summed E-state index contributed by atoms with van der Waals surface area (Å²) in [6.45, 7) is 3.55. The van der Waals surface area contributed by atoms with Crippen LogP contribution in [0, 0.1) is 11.3 Å². The fraction of sp³-hybridized carbons (Fsp3) is 0.375. The van der Waals surface area contributed by atoms with E-state index in [0.717, 1.165) is 38.2 Å². The minimum Gasteiger partial charge on any atom is -0.338 e. The van der Waals surface area contributed by atoms with Gasteiger partial charge in [0.2, 0.25) is 5.91 Å². The van der Waals surface area contributed by atoms with Crippen molar-refractivity contribution in [1.29, 1.82) is 5.26 Å². The van der Waals surface area contributed by atoms with Crippen molar-refractivity contribution in [2.45, 2.75) is 6.42 Å². The van der Waals surface area contributed by atoms with Gasteiger partial charge in [0.1, 0.15) is 0 Å². The van der Waals surface area contributed by atoms with Crippen molar-refractivity contribution in [3.63, 3.8) is 0 Å². The van der Waals surface area contributed by atoms with E-state index in [2.05, 4.69) is 18.0 Å². The minimum atomic E-state index is 0.0441. The average molecular weight is 269 g/mol. The third-order valence-corrected chi connectivity index (χ3v) is 3.47. The summed E-state index contributed by atoms with van der Waals surface area (Å²) in [6.07, 6.45) is 4.39. The standard InChI is InChI=1S/C16H19N3O/c1-18-8-3-9-19(11-10-18)16(20)7-6-14-4-2-5-15(12-14)13-17/h2,4-7,12H,3,8-11H2,1H3/b7-6+. The van der Waals surface area contributed by atoms with Gasteiger partial charge < -0.3 is 9.80 Å². The van der Waals surface area contributed by atoms with Gasteiger partial charge in [-0.05, 0) is 43.8 Å². The first-order valence-corrected chi connectivity index (χ1v) is 6.85. The summed E-state index contributed by atoms with van der Waals surface area (Å²) in [5.41, 5.74) is 1.49. The Labute approximate surface area is 119 Å². The molecule has 4 heteroatoms. The molecule has 0 aromatic heterocycles. The summed E-state index contributed by atoms with van der Waals surface area (Å²) < 4.78 is 0. The van der Waals surface area contributed by atoms with Crippen molar-refractivity contribution in [2.24, 2.45) is 0 Å².